The molecule has 0 aliphatic carbocycles. The quantitative estimate of drug-likeness (QED) is 0.170. The van der Waals surface area contributed by atoms with Crippen LogP contribution in [0.5, 0.6) is 0 Å². The van der Waals surface area contributed by atoms with Crippen molar-refractivity contribution in [3.05, 3.63) is 96.1 Å². The van der Waals surface area contributed by atoms with Crippen molar-refractivity contribution in [2.24, 2.45) is 0 Å². The smallest absolute Gasteiger partial charge is 0.149 e. The molecule has 0 spiro atoms. The van der Waals surface area contributed by atoms with Gasteiger partial charge in [-0.05, 0) is 75.1 Å². The monoisotopic (exact) mass is 512 g/mol. The van der Waals surface area contributed by atoms with Crippen LogP contribution in [0, 0.1) is 0 Å². The minimum absolute atomic E-state index is 0.720. The second-order valence-electron chi connectivity index (χ2n) is 9.76. The van der Waals surface area contributed by atoms with Crippen molar-refractivity contribution in [3.63, 3.8) is 0 Å². The van der Waals surface area contributed by atoms with Gasteiger partial charge in [0.05, 0.1) is 34.4 Å². The lowest BCUT2D eigenvalue weighted by Crippen LogP contribution is -2.45. The van der Waals surface area contributed by atoms with Gasteiger partial charge in [-0.25, -0.2) is 9.97 Å². The largest absolute Gasteiger partial charge is 0.463 e. The van der Waals surface area contributed by atoms with Crippen molar-refractivity contribution in [1.29, 1.82) is 0 Å². The number of furan rings is 1. The Hall–Kier alpha value is -3.57. The number of aromatic nitrogens is 2. The molecule has 1 saturated heterocycles. The van der Waals surface area contributed by atoms with Gasteiger partial charge in [0.25, 0.3) is 0 Å². The molecule has 0 unspecified atom stereocenters. The first-order chi connectivity index (χ1) is 18.0. The summed E-state index contributed by atoms with van der Waals surface area (Å²) in [7, 11) is 0. The Morgan fingerprint density at radius 1 is 0.946 bits per heavy atom. The first-order valence-electron chi connectivity index (χ1n) is 12.9. The van der Waals surface area contributed by atoms with E-state index < -0.39 is 0 Å². The molecule has 37 heavy (non-hydrogen) atoms. The highest BCUT2D eigenvalue weighted by Crippen LogP contribution is 2.29. The number of allylic oxidation sites excluding steroid dienone is 1. The summed E-state index contributed by atoms with van der Waals surface area (Å²) in [5.74, 6) is 0.835. The summed E-state index contributed by atoms with van der Waals surface area (Å²) >= 11 is 6.15. The highest BCUT2D eigenvalue weighted by Gasteiger charge is 2.21. The highest BCUT2D eigenvalue weighted by atomic mass is 35.5. The van der Waals surface area contributed by atoms with E-state index in [4.69, 9.17) is 26.0 Å². The zero-order chi connectivity index (χ0) is 25.8. The Labute approximate surface area is 224 Å². The Morgan fingerprint density at radius 2 is 1.73 bits per heavy atom. The molecule has 1 aliphatic heterocycles. The molecule has 5 rings (SSSR count). The Kier molecular flexibility index (Phi) is 7.61. The molecular formula is C31H33ClN4O. The van der Waals surface area contributed by atoms with Crippen LogP contribution >= 0.6 is 11.6 Å². The van der Waals surface area contributed by atoms with Crippen molar-refractivity contribution in [2.75, 3.05) is 31.1 Å². The first kappa shape index (κ1) is 25.1. The third-order valence-corrected chi connectivity index (χ3v) is 7.19. The molecule has 2 aromatic carbocycles. The molecular weight excluding hydrogens is 480 g/mol. The van der Waals surface area contributed by atoms with Gasteiger partial charge in [-0.2, -0.15) is 0 Å². The van der Waals surface area contributed by atoms with Crippen molar-refractivity contribution in [1.82, 2.24) is 14.9 Å². The molecule has 0 saturated carbocycles. The minimum Gasteiger partial charge on any atom is -0.463 e. The number of piperazine rings is 1. The van der Waals surface area contributed by atoms with Gasteiger partial charge in [0.2, 0.25) is 0 Å². The SMILES string of the molecule is C=C(C)CCCCc1nc2cc(N3CCN(C(=C)c4ccco4)CC3)ccc2nc1-c1ccc(Cl)cc1. The molecule has 0 bridgehead atoms. The number of hydrogen-bond acceptors (Lipinski definition) is 5. The molecule has 5 nitrogen and oxygen atoms in total. The number of halogens is 1. The maximum atomic E-state index is 6.15. The molecule has 0 radical (unpaired) electrons. The summed E-state index contributed by atoms with van der Waals surface area (Å²) in [5, 5.41) is 0.720. The van der Waals surface area contributed by atoms with Crippen LogP contribution in [-0.4, -0.2) is 41.0 Å². The maximum absolute atomic E-state index is 6.15. The normalized spacial score (nSPS) is 13.8. The molecule has 0 N–H and O–H groups in total. The van der Waals surface area contributed by atoms with Gasteiger partial charge in [-0.15, -0.1) is 6.58 Å². The summed E-state index contributed by atoms with van der Waals surface area (Å²) in [5.41, 5.74) is 8.21. The number of anilines is 1. The van der Waals surface area contributed by atoms with Gasteiger partial charge in [-0.1, -0.05) is 35.9 Å². The fourth-order valence-corrected chi connectivity index (χ4v) is 4.97. The number of benzene rings is 2. The van der Waals surface area contributed by atoms with Crippen LogP contribution in [0.2, 0.25) is 5.02 Å². The molecule has 0 atom stereocenters. The zero-order valence-electron chi connectivity index (χ0n) is 21.4. The third kappa shape index (κ3) is 5.89. The number of fused-ring (bicyclic) bond motifs is 1. The fourth-order valence-electron chi connectivity index (χ4n) is 4.84. The van der Waals surface area contributed by atoms with E-state index in [0.717, 1.165) is 96.3 Å². The Bertz CT molecular complexity index is 1390. The second-order valence-corrected chi connectivity index (χ2v) is 10.2. The summed E-state index contributed by atoms with van der Waals surface area (Å²) in [6, 6.07) is 18.2. The topological polar surface area (TPSA) is 45.4 Å². The maximum Gasteiger partial charge on any atom is 0.149 e. The van der Waals surface area contributed by atoms with E-state index >= 15 is 0 Å². The van der Waals surface area contributed by atoms with Gasteiger partial charge >= 0.3 is 0 Å². The van der Waals surface area contributed by atoms with Gasteiger partial charge in [-0.3, -0.25) is 0 Å². The van der Waals surface area contributed by atoms with Gasteiger partial charge in [0.1, 0.15) is 5.76 Å². The van der Waals surface area contributed by atoms with E-state index in [2.05, 4.69) is 48.1 Å². The summed E-state index contributed by atoms with van der Waals surface area (Å²) in [6.07, 6.45) is 5.77. The molecule has 190 valence electrons. The van der Waals surface area contributed by atoms with Crippen LogP contribution < -0.4 is 4.90 Å². The van der Waals surface area contributed by atoms with Crippen LogP contribution in [0.1, 0.15) is 37.6 Å². The van der Waals surface area contributed by atoms with Crippen molar-refractivity contribution in [2.45, 2.75) is 32.6 Å². The second kappa shape index (κ2) is 11.2. The lowest BCUT2D eigenvalue weighted by atomic mass is 10.0. The molecule has 1 fully saturated rings. The summed E-state index contributed by atoms with van der Waals surface area (Å²) in [4.78, 5) is 14.9. The van der Waals surface area contributed by atoms with E-state index in [1.54, 1.807) is 6.26 Å². The van der Waals surface area contributed by atoms with Gasteiger partial charge in [0.15, 0.2) is 0 Å². The van der Waals surface area contributed by atoms with E-state index in [0.29, 0.717) is 0 Å². The van der Waals surface area contributed by atoms with Crippen LogP contribution in [0.25, 0.3) is 28.0 Å². The summed E-state index contributed by atoms with van der Waals surface area (Å²) < 4.78 is 5.53. The van der Waals surface area contributed by atoms with E-state index in [-0.39, 0.29) is 0 Å². The number of hydrogen-bond donors (Lipinski definition) is 0. The minimum atomic E-state index is 0.720. The Morgan fingerprint density at radius 3 is 2.43 bits per heavy atom. The number of rotatable bonds is 9. The average Bonchev–Trinajstić information content (AvgIpc) is 3.46. The van der Waals surface area contributed by atoms with Crippen LogP contribution in [0.4, 0.5) is 5.69 Å². The molecule has 4 aromatic rings. The summed E-state index contributed by atoms with van der Waals surface area (Å²) in [6.45, 7) is 14.0. The zero-order valence-corrected chi connectivity index (χ0v) is 22.2. The van der Waals surface area contributed by atoms with Crippen LogP contribution in [0.15, 0.2) is 84.0 Å². The standard InChI is InChI=1S/C31H33ClN4O/c1-22(2)7-4-5-8-28-31(24-10-12-25(32)13-11-24)34-27-15-14-26(21-29(27)33-28)36-18-16-35(17-19-36)23(3)30-9-6-20-37-30/h6,9-15,20-21H,1,3-5,7-8,16-19H2,2H3. The molecule has 2 aromatic heterocycles. The van der Waals surface area contributed by atoms with E-state index in [9.17, 15) is 0 Å². The average molecular weight is 513 g/mol. The number of unbranched alkanes of at least 4 members (excludes halogenated alkanes) is 1. The van der Waals surface area contributed by atoms with E-state index in [1.165, 1.54) is 11.3 Å². The van der Waals surface area contributed by atoms with Crippen molar-refractivity contribution in [3.8, 4) is 11.3 Å². The van der Waals surface area contributed by atoms with Crippen LogP contribution in [-0.2, 0) is 6.42 Å². The Balaban J connectivity index is 1.37. The van der Waals surface area contributed by atoms with Gasteiger partial charge in [0, 0.05) is 42.5 Å². The van der Waals surface area contributed by atoms with Crippen molar-refractivity contribution >= 4 is 34.0 Å². The number of nitrogens with zero attached hydrogens (tertiary/aromatic N) is 4. The van der Waals surface area contributed by atoms with E-state index in [1.807, 2.05) is 36.4 Å². The third-order valence-electron chi connectivity index (χ3n) is 6.94. The fraction of sp³-hybridized carbons (Fsp3) is 0.290. The lowest BCUT2D eigenvalue weighted by molar-refractivity contribution is 0.358. The molecule has 0 amide bonds. The van der Waals surface area contributed by atoms with Crippen molar-refractivity contribution < 1.29 is 4.42 Å². The number of aryl methyl sites for hydroxylation is 1. The lowest BCUT2D eigenvalue weighted by Gasteiger charge is -2.37. The predicted molar refractivity (Wildman–Crippen MR) is 154 cm³/mol. The van der Waals surface area contributed by atoms with Gasteiger partial charge < -0.3 is 14.2 Å². The molecule has 3 heterocycles. The van der Waals surface area contributed by atoms with Crippen LogP contribution in [0.3, 0.4) is 0 Å². The molecule has 6 heteroatoms. The predicted octanol–water partition coefficient (Wildman–Crippen LogP) is 7.63. The highest BCUT2D eigenvalue weighted by molar-refractivity contribution is 6.30. The first-order valence-corrected chi connectivity index (χ1v) is 13.3. The molecule has 1 aliphatic rings.